The van der Waals surface area contributed by atoms with Crippen molar-refractivity contribution in [1.29, 1.82) is 0 Å². The van der Waals surface area contributed by atoms with Gasteiger partial charge in [-0.2, -0.15) is 0 Å². The number of rotatable bonds is 12. The maximum absolute atomic E-state index is 12.9. The van der Waals surface area contributed by atoms with E-state index in [1.807, 2.05) is 18.9 Å². The van der Waals surface area contributed by atoms with Gasteiger partial charge < -0.3 is 25.0 Å². The molecule has 0 aromatic heterocycles. The van der Waals surface area contributed by atoms with Crippen molar-refractivity contribution in [2.75, 3.05) is 40.4 Å². The van der Waals surface area contributed by atoms with Crippen LogP contribution in [0.25, 0.3) is 0 Å². The quantitative estimate of drug-likeness (QED) is 0.435. The van der Waals surface area contributed by atoms with Crippen LogP contribution in [0.5, 0.6) is 5.75 Å². The summed E-state index contributed by atoms with van der Waals surface area (Å²) in [6, 6.07) is 8.84. The van der Waals surface area contributed by atoms with Crippen LogP contribution in [0.4, 0.5) is 4.79 Å². The van der Waals surface area contributed by atoms with E-state index in [0.717, 1.165) is 76.9 Å². The van der Waals surface area contributed by atoms with Gasteiger partial charge in [-0.3, -0.25) is 0 Å². The number of nitrogens with zero attached hydrogens (tertiary/aromatic N) is 1. The minimum atomic E-state index is 0.0658. The number of amides is 2. The lowest BCUT2D eigenvalue weighted by molar-refractivity contribution is 0.147. The van der Waals surface area contributed by atoms with Crippen LogP contribution < -0.4 is 15.4 Å². The molecule has 186 valence electrons. The number of hydrogen-bond donors (Lipinski definition) is 2. The monoisotopic (exact) mass is 459 g/mol. The SMILES string of the molecule is CNC[C@H](C)NC(=O)N1CCC[C@@H]([C@@H](CCCCOC)c2ccccc2OC2CCCC2)C1. The standard InChI is InChI=1S/C27H45N3O3/c1-21(19-28-2)29-27(31)30-17-10-11-22(20-30)24(14-8-9-18-32-3)25-15-6-7-16-26(25)33-23-12-4-5-13-23/h6-7,15-16,21-24,28H,4-5,8-14,17-20H2,1-3H3,(H,29,31)/t21-,22+,24+/m0/s1. The molecular formula is C27H45N3O3. The topological polar surface area (TPSA) is 62.8 Å². The van der Waals surface area contributed by atoms with Gasteiger partial charge in [0.25, 0.3) is 0 Å². The van der Waals surface area contributed by atoms with Gasteiger partial charge in [-0.05, 0) is 88.8 Å². The van der Waals surface area contributed by atoms with Gasteiger partial charge >= 0.3 is 6.03 Å². The van der Waals surface area contributed by atoms with Crippen molar-refractivity contribution >= 4 is 6.03 Å². The van der Waals surface area contributed by atoms with Crippen LogP contribution in [-0.4, -0.2) is 63.5 Å². The highest BCUT2D eigenvalue weighted by Gasteiger charge is 2.32. The third-order valence-electron chi connectivity index (χ3n) is 7.22. The first-order valence-corrected chi connectivity index (χ1v) is 13.1. The van der Waals surface area contributed by atoms with E-state index in [0.29, 0.717) is 17.9 Å². The highest BCUT2D eigenvalue weighted by Crippen LogP contribution is 2.40. The lowest BCUT2D eigenvalue weighted by Crippen LogP contribution is -2.50. The molecule has 1 saturated heterocycles. The number of nitrogens with one attached hydrogen (secondary N) is 2. The third kappa shape index (κ3) is 7.89. The number of benzene rings is 1. The van der Waals surface area contributed by atoms with Crippen molar-refractivity contribution in [3.8, 4) is 5.75 Å². The Balaban J connectivity index is 1.74. The molecule has 0 spiro atoms. The predicted molar refractivity (Wildman–Crippen MR) is 134 cm³/mol. The summed E-state index contributed by atoms with van der Waals surface area (Å²) >= 11 is 0. The van der Waals surface area contributed by atoms with Gasteiger partial charge in [0.05, 0.1) is 6.10 Å². The van der Waals surface area contributed by atoms with Crippen molar-refractivity contribution < 1.29 is 14.3 Å². The fourth-order valence-electron chi connectivity index (χ4n) is 5.52. The molecule has 0 bridgehead atoms. The molecule has 6 nitrogen and oxygen atoms in total. The minimum Gasteiger partial charge on any atom is -0.490 e. The predicted octanol–water partition coefficient (Wildman–Crippen LogP) is 4.94. The fraction of sp³-hybridized carbons (Fsp3) is 0.741. The van der Waals surface area contributed by atoms with Crippen molar-refractivity contribution in [3.05, 3.63) is 29.8 Å². The van der Waals surface area contributed by atoms with E-state index in [1.165, 1.54) is 18.4 Å². The van der Waals surface area contributed by atoms with E-state index >= 15 is 0 Å². The molecule has 2 amide bonds. The van der Waals surface area contributed by atoms with E-state index in [4.69, 9.17) is 9.47 Å². The molecule has 0 radical (unpaired) electrons. The van der Waals surface area contributed by atoms with Gasteiger partial charge in [0, 0.05) is 39.4 Å². The largest absolute Gasteiger partial charge is 0.490 e. The van der Waals surface area contributed by atoms with E-state index in [2.05, 4.69) is 34.9 Å². The number of carbonyl (C=O) groups is 1. The molecule has 2 aliphatic rings. The van der Waals surface area contributed by atoms with E-state index in [1.54, 1.807) is 7.11 Å². The highest BCUT2D eigenvalue weighted by molar-refractivity contribution is 5.74. The smallest absolute Gasteiger partial charge is 0.317 e. The average molecular weight is 460 g/mol. The van der Waals surface area contributed by atoms with Crippen LogP contribution in [0.1, 0.15) is 76.2 Å². The molecule has 2 N–H and O–H groups in total. The molecule has 6 heteroatoms. The zero-order valence-electron chi connectivity index (χ0n) is 21.0. The number of ether oxygens (including phenoxy) is 2. The Hall–Kier alpha value is -1.79. The summed E-state index contributed by atoms with van der Waals surface area (Å²) < 4.78 is 11.8. The van der Waals surface area contributed by atoms with Gasteiger partial charge in [0.15, 0.2) is 0 Å². The van der Waals surface area contributed by atoms with Gasteiger partial charge in [0.1, 0.15) is 5.75 Å². The van der Waals surface area contributed by atoms with E-state index < -0.39 is 0 Å². The summed E-state index contributed by atoms with van der Waals surface area (Å²) in [4.78, 5) is 15.0. The number of carbonyl (C=O) groups excluding carboxylic acids is 1. The molecule has 33 heavy (non-hydrogen) atoms. The summed E-state index contributed by atoms with van der Waals surface area (Å²) in [5, 5.41) is 6.29. The summed E-state index contributed by atoms with van der Waals surface area (Å²) in [6.45, 7) is 5.27. The number of likely N-dealkylation sites (N-methyl/N-ethyl adjacent to an activating group) is 1. The normalized spacial score (nSPS) is 21.1. The van der Waals surface area contributed by atoms with E-state index in [9.17, 15) is 4.79 Å². The van der Waals surface area contributed by atoms with Crippen LogP contribution >= 0.6 is 0 Å². The molecule has 1 aliphatic heterocycles. The number of para-hydroxylation sites is 1. The lowest BCUT2D eigenvalue weighted by Gasteiger charge is -2.38. The fourth-order valence-corrected chi connectivity index (χ4v) is 5.52. The number of methoxy groups -OCH3 is 1. The maximum atomic E-state index is 12.9. The molecule has 1 aromatic carbocycles. The maximum Gasteiger partial charge on any atom is 0.317 e. The Kier molecular flexibility index (Phi) is 10.8. The number of urea groups is 1. The molecule has 1 aliphatic carbocycles. The van der Waals surface area contributed by atoms with Gasteiger partial charge in [0.2, 0.25) is 0 Å². The van der Waals surface area contributed by atoms with Crippen LogP contribution in [0, 0.1) is 5.92 Å². The summed E-state index contributed by atoms with van der Waals surface area (Å²) in [7, 11) is 3.69. The number of piperidine rings is 1. The minimum absolute atomic E-state index is 0.0658. The number of hydrogen-bond acceptors (Lipinski definition) is 4. The van der Waals surface area contributed by atoms with Crippen LogP contribution in [-0.2, 0) is 4.74 Å². The van der Waals surface area contributed by atoms with Crippen molar-refractivity contribution in [1.82, 2.24) is 15.5 Å². The zero-order valence-corrected chi connectivity index (χ0v) is 21.0. The van der Waals surface area contributed by atoms with Gasteiger partial charge in [-0.25, -0.2) is 4.79 Å². The first kappa shape index (κ1) is 25.8. The number of likely N-dealkylation sites (tertiary alicyclic amines) is 1. The molecule has 1 aromatic rings. The van der Waals surface area contributed by atoms with Crippen LogP contribution in [0.15, 0.2) is 24.3 Å². The van der Waals surface area contributed by atoms with Crippen LogP contribution in [0.2, 0.25) is 0 Å². The molecule has 1 heterocycles. The zero-order chi connectivity index (χ0) is 23.5. The van der Waals surface area contributed by atoms with Crippen LogP contribution in [0.3, 0.4) is 0 Å². The summed E-state index contributed by atoms with van der Waals surface area (Å²) in [6.07, 6.45) is 10.7. The number of unbranched alkanes of at least 4 members (excludes halogenated alkanes) is 1. The van der Waals surface area contributed by atoms with E-state index in [-0.39, 0.29) is 12.1 Å². The van der Waals surface area contributed by atoms with Crippen molar-refractivity contribution in [2.45, 2.75) is 82.8 Å². The summed E-state index contributed by atoms with van der Waals surface area (Å²) in [5.41, 5.74) is 1.33. The van der Waals surface area contributed by atoms with Crippen molar-refractivity contribution in [3.63, 3.8) is 0 Å². The molecule has 3 rings (SSSR count). The summed E-state index contributed by atoms with van der Waals surface area (Å²) in [5.74, 6) is 1.90. The Morgan fingerprint density at radius 3 is 2.70 bits per heavy atom. The average Bonchev–Trinajstić information content (AvgIpc) is 3.33. The lowest BCUT2D eigenvalue weighted by atomic mass is 9.78. The Morgan fingerprint density at radius 2 is 1.94 bits per heavy atom. The molecule has 0 unspecified atom stereocenters. The molecule has 2 fully saturated rings. The second-order valence-corrected chi connectivity index (χ2v) is 9.91. The first-order chi connectivity index (χ1) is 16.1. The van der Waals surface area contributed by atoms with Crippen molar-refractivity contribution in [2.24, 2.45) is 5.92 Å². The Bertz CT molecular complexity index is 708. The molecular weight excluding hydrogens is 414 g/mol. The third-order valence-corrected chi connectivity index (χ3v) is 7.22. The van der Waals surface area contributed by atoms with Gasteiger partial charge in [-0.15, -0.1) is 0 Å². The second-order valence-electron chi connectivity index (χ2n) is 9.91. The first-order valence-electron chi connectivity index (χ1n) is 13.1. The Labute approximate surface area is 200 Å². The Morgan fingerprint density at radius 1 is 1.15 bits per heavy atom. The van der Waals surface area contributed by atoms with Gasteiger partial charge in [-0.1, -0.05) is 24.6 Å². The highest BCUT2D eigenvalue weighted by atomic mass is 16.5. The molecule has 3 atom stereocenters. The molecule has 1 saturated carbocycles. The second kappa shape index (κ2) is 13.8.